The van der Waals surface area contributed by atoms with Crippen molar-refractivity contribution in [2.45, 2.75) is 25.8 Å². The number of hydrogen-bond donors (Lipinski definition) is 0. The highest BCUT2D eigenvalue weighted by molar-refractivity contribution is 5.72. The number of hydrogen-bond acceptors (Lipinski definition) is 3. The summed E-state index contributed by atoms with van der Waals surface area (Å²) in [6.45, 7) is 4.35. The summed E-state index contributed by atoms with van der Waals surface area (Å²) in [5.41, 5.74) is 8.35. The van der Waals surface area contributed by atoms with Crippen LogP contribution in [0.5, 0.6) is 5.75 Å². The van der Waals surface area contributed by atoms with Crippen LogP contribution in [0.4, 0.5) is 5.69 Å². The number of furan rings is 1. The van der Waals surface area contributed by atoms with Crippen molar-refractivity contribution >= 4 is 5.69 Å². The molecule has 188 valence electrons. The highest BCUT2D eigenvalue weighted by Gasteiger charge is 2.38. The van der Waals surface area contributed by atoms with Crippen LogP contribution >= 0.6 is 0 Å². The summed E-state index contributed by atoms with van der Waals surface area (Å²) in [5.74, 6) is 2.79. The van der Waals surface area contributed by atoms with Gasteiger partial charge >= 0.3 is 0 Å². The van der Waals surface area contributed by atoms with Crippen LogP contribution < -0.4 is 9.64 Å². The molecule has 0 saturated carbocycles. The molecule has 0 fully saturated rings. The third kappa shape index (κ3) is 4.20. The largest absolute Gasteiger partial charge is 0.497 e. The van der Waals surface area contributed by atoms with Gasteiger partial charge in [-0.05, 0) is 54.8 Å². The van der Waals surface area contributed by atoms with Gasteiger partial charge in [0.15, 0.2) is 0 Å². The van der Waals surface area contributed by atoms with Crippen LogP contribution in [-0.2, 0) is 0 Å². The zero-order valence-corrected chi connectivity index (χ0v) is 22.0. The summed E-state index contributed by atoms with van der Waals surface area (Å²) in [6.07, 6.45) is 2.32. The second kappa shape index (κ2) is 10.1. The van der Waals surface area contributed by atoms with E-state index in [1.54, 1.807) is 7.11 Å². The van der Waals surface area contributed by atoms with E-state index in [2.05, 4.69) is 128 Å². The van der Waals surface area contributed by atoms with Gasteiger partial charge < -0.3 is 14.1 Å². The summed E-state index contributed by atoms with van der Waals surface area (Å²) < 4.78 is 12.2. The smallest absolute Gasteiger partial charge is 0.140 e. The summed E-state index contributed by atoms with van der Waals surface area (Å²) in [4.78, 5) is 2.40. The van der Waals surface area contributed by atoms with Crippen molar-refractivity contribution in [2.75, 3.05) is 12.0 Å². The molecule has 3 nitrogen and oxygen atoms in total. The molecule has 38 heavy (non-hydrogen) atoms. The molecule has 0 bridgehead atoms. The van der Waals surface area contributed by atoms with E-state index >= 15 is 0 Å². The van der Waals surface area contributed by atoms with E-state index in [0.717, 1.165) is 28.5 Å². The Bertz CT molecular complexity index is 1550. The van der Waals surface area contributed by atoms with E-state index in [4.69, 9.17) is 9.15 Å². The fraction of sp³-hybridized carbons (Fsp3) is 0.143. The number of ether oxygens (including phenoxy) is 1. The summed E-state index contributed by atoms with van der Waals surface area (Å²) in [5, 5.41) is 0. The van der Waals surface area contributed by atoms with Crippen LogP contribution in [0.2, 0.25) is 0 Å². The molecule has 0 radical (unpaired) electrons. The Kier molecular flexibility index (Phi) is 6.35. The number of fused-ring (bicyclic) bond motifs is 1. The predicted octanol–water partition coefficient (Wildman–Crippen LogP) is 8.91. The van der Waals surface area contributed by atoms with Crippen molar-refractivity contribution in [3.8, 4) is 17.1 Å². The number of rotatable bonds is 5. The molecule has 2 atom stereocenters. The Balaban J connectivity index is 1.69. The molecule has 3 heteroatoms. The maximum Gasteiger partial charge on any atom is 0.140 e. The van der Waals surface area contributed by atoms with Gasteiger partial charge in [-0.1, -0.05) is 91.0 Å². The van der Waals surface area contributed by atoms with E-state index in [9.17, 15) is 0 Å². The minimum Gasteiger partial charge on any atom is -0.497 e. The maximum atomic E-state index is 6.71. The molecule has 5 aromatic rings. The van der Waals surface area contributed by atoms with Crippen LogP contribution in [0.3, 0.4) is 0 Å². The van der Waals surface area contributed by atoms with E-state index in [-0.39, 0.29) is 12.0 Å². The number of aryl methyl sites for hydroxylation is 1. The van der Waals surface area contributed by atoms with Gasteiger partial charge in [0.2, 0.25) is 0 Å². The molecule has 1 aliphatic rings. The quantitative estimate of drug-likeness (QED) is 0.242. The molecule has 1 aromatic heterocycles. The summed E-state index contributed by atoms with van der Waals surface area (Å²) >= 11 is 0. The van der Waals surface area contributed by atoms with Gasteiger partial charge in [-0.3, -0.25) is 0 Å². The first kappa shape index (κ1) is 23.9. The second-order valence-electron chi connectivity index (χ2n) is 9.82. The van der Waals surface area contributed by atoms with E-state index in [0.29, 0.717) is 0 Å². The van der Waals surface area contributed by atoms with Gasteiger partial charge in [0.1, 0.15) is 17.3 Å². The van der Waals surface area contributed by atoms with E-state index < -0.39 is 0 Å². The molecule has 0 N–H and O–H groups in total. The Morgan fingerprint density at radius 1 is 0.658 bits per heavy atom. The van der Waals surface area contributed by atoms with Gasteiger partial charge in [-0.15, -0.1) is 0 Å². The van der Waals surface area contributed by atoms with Crippen molar-refractivity contribution in [1.82, 2.24) is 0 Å². The first-order chi connectivity index (χ1) is 18.7. The number of benzene rings is 4. The molecule has 2 heterocycles. The lowest BCUT2D eigenvalue weighted by Crippen LogP contribution is -2.24. The third-order valence-electron chi connectivity index (χ3n) is 7.46. The van der Waals surface area contributed by atoms with Crippen LogP contribution in [0.15, 0.2) is 131 Å². The highest BCUT2D eigenvalue weighted by Crippen LogP contribution is 2.50. The Labute approximate surface area is 224 Å². The Hall–Kier alpha value is -4.50. The SMILES string of the molecule is COc1ccc(N2C=C(C)[C@H](c3ccccc3)c3c(C)oc(-c4ccccc4)c3[C@H]2c2ccccc2)cc1. The normalized spacial score (nSPS) is 16.9. The Morgan fingerprint density at radius 3 is 1.84 bits per heavy atom. The molecule has 0 amide bonds. The van der Waals surface area contributed by atoms with Crippen molar-refractivity contribution in [3.05, 3.63) is 155 Å². The molecule has 0 saturated heterocycles. The minimum atomic E-state index is -0.0871. The van der Waals surface area contributed by atoms with E-state index in [1.165, 1.54) is 27.8 Å². The standard InChI is InChI=1S/C35H31NO2/c1-24-23-36(29-19-21-30(37-3)22-20-29)34(27-15-9-5-10-16-27)33-32(31(24)26-13-7-4-8-14-26)25(2)38-35(33)28-17-11-6-12-18-28/h4-23,31,34H,1-3H3/t31-,34-/m1/s1. The van der Waals surface area contributed by atoms with Gasteiger partial charge in [0, 0.05) is 34.5 Å². The van der Waals surface area contributed by atoms with Crippen molar-refractivity contribution in [2.24, 2.45) is 0 Å². The van der Waals surface area contributed by atoms with Gasteiger partial charge in [-0.25, -0.2) is 0 Å². The van der Waals surface area contributed by atoms with Crippen molar-refractivity contribution < 1.29 is 9.15 Å². The zero-order chi connectivity index (χ0) is 26.1. The van der Waals surface area contributed by atoms with E-state index in [1.807, 2.05) is 12.1 Å². The van der Waals surface area contributed by atoms with Crippen molar-refractivity contribution in [3.63, 3.8) is 0 Å². The fourth-order valence-electron chi connectivity index (χ4n) is 5.76. The monoisotopic (exact) mass is 497 g/mol. The maximum absolute atomic E-state index is 6.71. The Morgan fingerprint density at radius 2 is 1.24 bits per heavy atom. The van der Waals surface area contributed by atoms with Gasteiger partial charge in [0.25, 0.3) is 0 Å². The average molecular weight is 498 g/mol. The lowest BCUT2D eigenvalue weighted by atomic mass is 9.81. The molecular weight excluding hydrogens is 466 g/mol. The van der Waals surface area contributed by atoms with Crippen LogP contribution in [0.1, 0.15) is 46.9 Å². The molecule has 1 aliphatic heterocycles. The van der Waals surface area contributed by atoms with Crippen molar-refractivity contribution in [1.29, 1.82) is 0 Å². The zero-order valence-electron chi connectivity index (χ0n) is 22.0. The number of methoxy groups -OCH3 is 1. The lowest BCUT2D eigenvalue weighted by Gasteiger charge is -2.31. The van der Waals surface area contributed by atoms with Crippen LogP contribution in [0, 0.1) is 6.92 Å². The van der Waals surface area contributed by atoms with Crippen LogP contribution in [-0.4, -0.2) is 7.11 Å². The predicted molar refractivity (Wildman–Crippen MR) is 155 cm³/mol. The molecule has 0 spiro atoms. The average Bonchev–Trinajstić information content (AvgIpc) is 3.23. The first-order valence-corrected chi connectivity index (χ1v) is 13.0. The number of anilines is 1. The summed E-state index contributed by atoms with van der Waals surface area (Å²) in [6, 6.07) is 40.2. The molecule has 0 aliphatic carbocycles. The topological polar surface area (TPSA) is 25.6 Å². The third-order valence-corrected chi connectivity index (χ3v) is 7.46. The number of allylic oxidation sites excluding steroid dienone is 1. The fourth-order valence-corrected chi connectivity index (χ4v) is 5.76. The molecule has 4 aromatic carbocycles. The number of nitrogens with zero attached hydrogens (tertiary/aromatic N) is 1. The second-order valence-corrected chi connectivity index (χ2v) is 9.82. The molecule has 6 rings (SSSR count). The minimum absolute atomic E-state index is 0.0712. The lowest BCUT2D eigenvalue weighted by molar-refractivity contribution is 0.415. The summed E-state index contributed by atoms with van der Waals surface area (Å²) in [7, 11) is 1.70. The first-order valence-electron chi connectivity index (χ1n) is 13.0. The highest BCUT2D eigenvalue weighted by atomic mass is 16.5. The van der Waals surface area contributed by atoms with Gasteiger partial charge in [0.05, 0.1) is 13.2 Å². The van der Waals surface area contributed by atoms with Crippen LogP contribution in [0.25, 0.3) is 11.3 Å². The molecular formula is C35H31NO2. The molecule has 0 unspecified atom stereocenters. The van der Waals surface area contributed by atoms with Gasteiger partial charge in [-0.2, -0.15) is 0 Å².